The molecule has 0 fully saturated rings. The molecule has 3 rings (SSSR count). The van der Waals surface area contributed by atoms with Crippen LogP contribution in [0.1, 0.15) is 5.56 Å². The molecule has 0 amide bonds. The van der Waals surface area contributed by atoms with Crippen LogP contribution in [0.15, 0.2) is 53.3 Å². The fourth-order valence-electron chi connectivity index (χ4n) is 2.24. The van der Waals surface area contributed by atoms with Gasteiger partial charge in [0.1, 0.15) is 5.75 Å². The minimum absolute atomic E-state index is 0.259. The Morgan fingerprint density at radius 2 is 1.73 bits per heavy atom. The van der Waals surface area contributed by atoms with Crippen molar-refractivity contribution in [1.82, 2.24) is 9.55 Å². The lowest BCUT2D eigenvalue weighted by molar-refractivity contribution is -0.274. The smallest absolute Gasteiger partial charge is 0.406 e. The first-order valence-electron chi connectivity index (χ1n) is 6.45. The molecule has 0 aliphatic carbocycles. The van der Waals surface area contributed by atoms with Crippen LogP contribution in [-0.2, 0) is 6.54 Å². The van der Waals surface area contributed by atoms with Crippen molar-refractivity contribution < 1.29 is 17.9 Å². The normalized spacial score (nSPS) is 11.8. The minimum Gasteiger partial charge on any atom is -0.406 e. The highest BCUT2D eigenvalue weighted by Crippen LogP contribution is 2.23. The number of H-pyrrole nitrogens is 1. The van der Waals surface area contributed by atoms with E-state index in [1.165, 1.54) is 28.8 Å². The number of fused-ring (bicyclic) bond motifs is 1. The van der Waals surface area contributed by atoms with Gasteiger partial charge < -0.3 is 9.72 Å². The zero-order chi connectivity index (χ0) is 15.7. The SMILES string of the molecule is O=c1[nH]c2ccccc2n1Cc1ccc(OC(F)(F)F)cc1. The van der Waals surface area contributed by atoms with Crippen LogP contribution < -0.4 is 10.4 Å². The quantitative estimate of drug-likeness (QED) is 0.807. The van der Waals surface area contributed by atoms with Crippen molar-refractivity contribution in [3.05, 3.63) is 64.6 Å². The molecule has 1 heterocycles. The maximum absolute atomic E-state index is 12.1. The molecule has 114 valence electrons. The van der Waals surface area contributed by atoms with E-state index in [-0.39, 0.29) is 18.0 Å². The molecule has 22 heavy (non-hydrogen) atoms. The molecule has 2 aromatic carbocycles. The summed E-state index contributed by atoms with van der Waals surface area (Å²) >= 11 is 0. The summed E-state index contributed by atoms with van der Waals surface area (Å²) in [6.07, 6.45) is -4.71. The van der Waals surface area contributed by atoms with Gasteiger partial charge in [-0.2, -0.15) is 0 Å². The second kappa shape index (κ2) is 5.25. The zero-order valence-electron chi connectivity index (χ0n) is 11.2. The first-order valence-corrected chi connectivity index (χ1v) is 6.45. The summed E-state index contributed by atoms with van der Waals surface area (Å²) in [6, 6.07) is 12.6. The Hall–Kier alpha value is -2.70. The number of nitrogens with zero attached hydrogens (tertiary/aromatic N) is 1. The molecule has 0 aliphatic heterocycles. The molecule has 0 spiro atoms. The second-order valence-electron chi connectivity index (χ2n) is 4.73. The number of para-hydroxylation sites is 2. The summed E-state index contributed by atoms with van der Waals surface area (Å²) in [5, 5.41) is 0. The van der Waals surface area contributed by atoms with Crippen LogP contribution in [0.5, 0.6) is 5.75 Å². The van der Waals surface area contributed by atoms with Gasteiger partial charge in [-0.25, -0.2) is 4.79 Å². The molecule has 3 aromatic rings. The Kier molecular flexibility index (Phi) is 3.40. The van der Waals surface area contributed by atoms with Crippen molar-refractivity contribution in [3.63, 3.8) is 0 Å². The van der Waals surface area contributed by atoms with Crippen LogP contribution in [0, 0.1) is 0 Å². The van der Waals surface area contributed by atoms with E-state index in [4.69, 9.17) is 0 Å². The van der Waals surface area contributed by atoms with Gasteiger partial charge in [0, 0.05) is 0 Å². The van der Waals surface area contributed by atoms with Gasteiger partial charge in [-0.15, -0.1) is 13.2 Å². The number of benzene rings is 2. The van der Waals surface area contributed by atoms with Crippen molar-refractivity contribution in [3.8, 4) is 5.75 Å². The van der Waals surface area contributed by atoms with Crippen LogP contribution in [-0.4, -0.2) is 15.9 Å². The van der Waals surface area contributed by atoms with E-state index < -0.39 is 6.36 Å². The topological polar surface area (TPSA) is 47.0 Å². The van der Waals surface area contributed by atoms with Gasteiger partial charge in [0.05, 0.1) is 17.6 Å². The van der Waals surface area contributed by atoms with Crippen LogP contribution in [0.3, 0.4) is 0 Å². The Labute approximate surface area is 122 Å². The van der Waals surface area contributed by atoms with Gasteiger partial charge in [-0.1, -0.05) is 24.3 Å². The average Bonchev–Trinajstić information content (AvgIpc) is 2.76. The standard InChI is InChI=1S/C15H11F3N2O2/c16-15(17,18)22-11-7-5-10(6-8-11)9-20-13-4-2-1-3-12(13)19-14(20)21/h1-8H,9H2,(H,19,21). The molecule has 1 N–H and O–H groups in total. The Bertz CT molecular complexity index is 848. The molecule has 0 saturated heterocycles. The third kappa shape index (κ3) is 2.98. The summed E-state index contributed by atoms with van der Waals surface area (Å²) in [5.41, 5.74) is 1.88. The fourth-order valence-corrected chi connectivity index (χ4v) is 2.24. The van der Waals surface area contributed by atoms with E-state index in [2.05, 4.69) is 9.72 Å². The van der Waals surface area contributed by atoms with E-state index >= 15 is 0 Å². The lowest BCUT2D eigenvalue weighted by atomic mass is 10.2. The Morgan fingerprint density at radius 1 is 1.05 bits per heavy atom. The summed E-state index contributed by atoms with van der Waals surface area (Å²) in [5.74, 6) is -0.289. The van der Waals surface area contributed by atoms with E-state index in [0.717, 1.165) is 5.52 Å². The van der Waals surface area contributed by atoms with E-state index in [1.807, 2.05) is 12.1 Å². The van der Waals surface area contributed by atoms with Crippen molar-refractivity contribution in [1.29, 1.82) is 0 Å². The maximum Gasteiger partial charge on any atom is 0.573 e. The fraction of sp³-hybridized carbons (Fsp3) is 0.133. The van der Waals surface area contributed by atoms with Gasteiger partial charge >= 0.3 is 12.1 Å². The molecule has 0 radical (unpaired) electrons. The molecule has 0 unspecified atom stereocenters. The summed E-state index contributed by atoms with van der Waals surface area (Å²) in [4.78, 5) is 14.7. The summed E-state index contributed by atoms with van der Waals surface area (Å²) in [7, 11) is 0. The number of aromatic nitrogens is 2. The number of rotatable bonds is 3. The Balaban J connectivity index is 1.86. The van der Waals surface area contributed by atoms with Gasteiger partial charge in [-0.05, 0) is 29.8 Å². The third-order valence-corrected chi connectivity index (χ3v) is 3.18. The maximum atomic E-state index is 12.1. The van der Waals surface area contributed by atoms with Crippen LogP contribution >= 0.6 is 0 Å². The van der Waals surface area contributed by atoms with Crippen LogP contribution in [0.2, 0.25) is 0 Å². The number of ether oxygens (including phenoxy) is 1. The summed E-state index contributed by atoms with van der Waals surface area (Å²) < 4.78 is 41.6. The number of alkyl halides is 3. The largest absolute Gasteiger partial charge is 0.573 e. The molecule has 0 aliphatic rings. The molecule has 0 saturated carbocycles. The van der Waals surface area contributed by atoms with E-state index in [0.29, 0.717) is 11.1 Å². The lowest BCUT2D eigenvalue weighted by Gasteiger charge is -2.09. The highest BCUT2D eigenvalue weighted by Gasteiger charge is 2.30. The monoisotopic (exact) mass is 308 g/mol. The lowest BCUT2D eigenvalue weighted by Crippen LogP contribution is -2.18. The number of hydrogen-bond acceptors (Lipinski definition) is 2. The molecule has 0 bridgehead atoms. The van der Waals surface area contributed by atoms with Gasteiger partial charge in [0.2, 0.25) is 0 Å². The highest BCUT2D eigenvalue weighted by atomic mass is 19.4. The van der Waals surface area contributed by atoms with Crippen molar-refractivity contribution >= 4 is 11.0 Å². The number of hydrogen-bond donors (Lipinski definition) is 1. The van der Waals surface area contributed by atoms with Crippen LogP contribution in [0.4, 0.5) is 13.2 Å². The third-order valence-electron chi connectivity index (χ3n) is 3.18. The number of nitrogens with one attached hydrogen (secondary N) is 1. The van der Waals surface area contributed by atoms with Gasteiger partial charge in [0.25, 0.3) is 0 Å². The first kappa shape index (κ1) is 14.2. The average molecular weight is 308 g/mol. The van der Waals surface area contributed by atoms with Crippen molar-refractivity contribution in [2.45, 2.75) is 12.9 Å². The van der Waals surface area contributed by atoms with E-state index in [9.17, 15) is 18.0 Å². The minimum atomic E-state index is -4.71. The van der Waals surface area contributed by atoms with Gasteiger partial charge in [-0.3, -0.25) is 4.57 Å². The predicted molar refractivity (Wildman–Crippen MR) is 74.8 cm³/mol. The zero-order valence-corrected chi connectivity index (χ0v) is 11.2. The predicted octanol–water partition coefficient (Wildman–Crippen LogP) is 3.28. The van der Waals surface area contributed by atoms with Gasteiger partial charge in [0.15, 0.2) is 0 Å². The number of halogens is 3. The number of aromatic amines is 1. The summed E-state index contributed by atoms with van der Waals surface area (Å²) in [6.45, 7) is 0.259. The molecule has 7 heteroatoms. The molecule has 4 nitrogen and oxygen atoms in total. The first-order chi connectivity index (χ1) is 10.4. The van der Waals surface area contributed by atoms with Crippen LogP contribution in [0.25, 0.3) is 11.0 Å². The van der Waals surface area contributed by atoms with E-state index in [1.54, 1.807) is 12.1 Å². The van der Waals surface area contributed by atoms with Crippen molar-refractivity contribution in [2.24, 2.45) is 0 Å². The molecule has 0 atom stereocenters. The highest BCUT2D eigenvalue weighted by molar-refractivity contribution is 5.75. The molecular weight excluding hydrogens is 297 g/mol. The van der Waals surface area contributed by atoms with Crippen molar-refractivity contribution in [2.75, 3.05) is 0 Å². The second-order valence-corrected chi connectivity index (χ2v) is 4.73. The molecule has 1 aromatic heterocycles. The molecular formula is C15H11F3N2O2. The Morgan fingerprint density at radius 3 is 2.41 bits per heavy atom. The number of imidazole rings is 1.